The Morgan fingerprint density at radius 2 is 2.00 bits per heavy atom. The van der Waals surface area contributed by atoms with Crippen LogP contribution in [0.3, 0.4) is 0 Å². The molecule has 1 fully saturated rings. The number of nitrogens with two attached hydrogens (primary N) is 2. The molecule has 6 unspecified atom stereocenters. The van der Waals surface area contributed by atoms with Gasteiger partial charge in [-0.3, -0.25) is 0 Å². The van der Waals surface area contributed by atoms with Crippen molar-refractivity contribution in [2.45, 2.75) is 87.8 Å². The van der Waals surface area contributed by atoms with Crippen molar-refractivity contribution in [2.24, 2.45) is 11.5 Å². The third-order valence-electron chi connectivity index (χ3n) is 6.26. The Labute approximate surface area is 212 Å². The second kappa shape index (κ2) is 16.8. The molecule has 0 aromatic heterocycles. The van der Waals surface area contributed by atoms with E-state index in [1.165, 1.54) is 0 Å². The molecule has 1 heterocycles. The largest absolute Gasteiger partial charge is 0.468 e. The lowest BCUT2D eigenvalue weighted by molar-refractivity contribution is -0.269. The fraction of sp³-hybridized carbons (Fsp3) is 0.913. The van der Waals surface area contributed by atoms with Gasteiger partial charge >= 0.3 is 0 Å². The van der Waals surface area contributed by atoms with Crippen molar-refractivity contribution in [1.29, 1.82) is 0 Å². The van der Waals surface area contributed by atoms with E-state index in [4.69, 9.17) is 40.6 Å². The first kappa shape index (κ1) is 31.3. The molecule has 0 aromatic rings. The van der Waals surface area contributed by atoms with Crippen molar-refractivity contribution in [2.75, 3.05) is 46.0 Å². The first-order valence-electron chi connectivity index (χ1n) is 12.8. The van der Waals surface area contributed by atoms with Crippen LogP contribution < -0.4 is 22.1 Å². The smallest absolute Gasteiger partial charge is 0.200 e. The zero-order valence-corrected chi connectivity index (χ0v) is 21.1. The summed E-state index contributed by atoms with van der Waals surface area (Å²) in [6.07, 6.45) is -2.55. The molecule has 2 rings (SSSR count). The molecule has 13 heteroatoms. The van der Waals surface area contributed by atoms with E-state index in [1.807, 2.05) is 6.08 Å². The average Bonchev–Trinajstić information content (AvgIpc) is 2.88. The highest BCUT2D eigenvalue weighted by Crippen LogP contribution is 2.29. The maximum Gasteiger partial charge on any atom is 0.200 e. The topological polar surface area (TPSA) is 214 Å². The van der Waals surface area contributed by atoms with E-state index in [2.05, 4.69) is 10.6 Å². The van der Waals surface area contributed by atoms with Gasteiger partial charge in [-0.05, 0) is 25.3 Å². The van der Waals surface area contributed by atoms with Crippen molar-refractivity contribution in [3.05, 3.63) is 11.8 Å². The summed E-state index contributed by atoms with van der Waals surface area (Å²) in [6, 6.07) is -1.07. The van der Waals surface area contributed by atoms with Crippen LogP contribution in [0.4, 0.5) is 0 Å². The first-order chi connectivity index (χ1) is 17.3. The average molecular weight is 523 g/mol. The van der Waals surface area contributed by atoms with Crippen LogP contribution in [0.5, 0.6) is 0 Å². The number of aliphatic hydroxyl groups excluding tert-OH is 5. The van der Waals surface area contributed by atoms with E-state index in [0.717, 1.165) is 6.42 Å². The van der Waals surface area contributed by atoms with Gasteiger partial charge in [-0.25, -0.2) is 0 Å². The molecule has 0 aromatic carbocycles. The maximum atomic E-state index is 11.3. The number of rotatable bonds is 17. The standard InChI is InChI=1S/C23H46N4O9/c1-2-18(31)23(33-9-8-29)36-22-17(27-12-14(30)11-24)10-16(25)21(20(22)32)35-19-5-3-4-15(34-19)13-26-6-7-28/h4,14,16-23,26-32H,2-3,5-13,24-25H2,1H3/t14?,16?,17?,18?,19-,20?,21-,22+,23?/m1/s1. The lowest BCUT2D eigenvalue weighted by Gasteiger charge is -2.46. The molecule has 212 valence electrons. The van der Waals surface area contributed by atoms with Crippen molar-refractivity contribution >= 4 is 0 Å². The summed E-state index contributed by atoms with van der Waals surface area (Å²) >= 11 is 0. The fourth-order valence-corrected chi connectivity index (χ4v) is 4.26. The molecule has 11 N–H and O–H groups in total. The van der Waals surface area contributed by atoms with Crippen LogP contribution in [0, 0.1) is 0 Å². The first-order valence-corrected chi connectivity index (χ1v) is 12.8. The Kier molecular flexibility index (Phi) is 14.6. The van der Waals surface area contributed by atoms with Crippen LogP contribution in [0.25, 0.3) is 0 Å². The second-order valence-electron chi connectivity index (χ2n) is 9.13. The molecule has 9 atom stereocenters. The van der Waals surface area contributed by atoms with Gasteiger partial charge in [0.2, 0.25) is 0 Å². The molecule has 13 nitrogen and oxygen atoms in total. The molecule has 1 saturated carbocycles. The monoisotopic (exact) mass is 522 g/mol. The molecule has 2 aliphatic rings. The Morgan fingerprint density at radius 1 is 1.22 bits per heavy atom. The van der Waals surface area contributed by atoms with Gasteiger partial charge in [-0.1, -0.05) is 6.92 Å². The van der Waals surface area contributed by atoms with Gasteiger partial charge < -0.3 is 66.6 Å². The van der Waals surface area contributed by atoms with Crippen molar-refractivity contribution in [3.8, 4) is 0 Å². The zero-order valence-electron chi connectivity index (χ0n) is 21.1. The molecule has 36 heavy (non-hydrogen) atoms. The lowest BCUT2D eigenvalue weighted by atomic mass is 9.83. The number of nitrogens with one attached hydrogen (secondary N) is 2. The van der Waals surface area contributed by atoms with Crippen LogP contribution in [-0.4, -0.2) is 127 Å². The summed E-state index contributed by atoms with van der Waals surface area (Å²) in [6.45, 7) is 2.57. The zero-order chi connectivity index (χ0) is 26.5. The van der Waals surface area contributed by atoms with Crippen LogP contribution in [0.2, 0.25) is 0 Å². The fourth-order valence-electron chi connectivity index (χ4n) is 4.26. The van der Waals surface area contributed by atoms with Gasteiger partial charge in [0.25, 0.3) is 0 Å². The molecular formula is C23H46N4O9. The number of hydrogen-bond donors (Lipinski definition) is 9. The molecule has 0 radical (unpaired) electrons. The highest BCUT2D eigenvalue weighted by molar-refractivity contribution is 5.02. The minimum absolute atomic E-state index is 0.0188. The number of allylic oxidation sites excluding steroid dienone is 1. The van der Waals surface area contributed by atoms with Gasteiger partial charge in [0.15, 0.2) is 12.6 Å². The van der Waals surface area contributed by atoms with E-state index in [1.54, 1.807) is 6.92 Å². The normalized spacial score (nSPS) is 31.4. The Bertz CT molecular complexity index is 632. The molecule has 0 spiro atoms. The second-order valence-corrected chi connectivity index (χ2v) is 9.13. The van der Waals surface area contributed by atoms with E-state index >= 15 is 0 Å². The third-order valence-corrected chi connectivity index (χ3v) is 6.26. The van der Waals surface area contributed by atoms with Crippen LogP contribution in [0.1, 0.15) is 32.6 Å². The lowest BCUT2D eigenvalue weighted by Crippen LogP contribution is -2.65. The Morgan fingerprint density at radius 3 is 2.67 bits per heavy atom. The van der Waals surface area contributed by atoms with E-state index in [-0.39, 0.29) is 32.9 Å². The van der Waals surface area contributed by atoms with Gasteiger partial charge in [0, 0.05) is 38.1 Å². The van der Waals surface area contributed by atoms with Crippen LogP contribution in [0.15, 0.2) is 11.8 Å². The van der Waals surface area contributed by atoms with Gasteiger partial charge in [-0.2, -0.15) is 0 Å². The number of aliphatic hydroxyl groups is 5. The van der Waals surface area contributed by atoms with Crippen LogP contribution >= 0.6 is 0 Å². The summed E-state index contributed by atoms with van der Waals surface area (Å²) in [5.41, 5.74) is 11.9. The molecule has 0 bridgehead atoms. The predicted octanol–water partition coefficient (Wildman–Crippen LogP) is -3.17. The SMILES string of the molecule is CCC(O)C(OCCO)O[C@H]1C(NCC(O)CN)CC(N)[C@@H](O[C@@H]2CCC=C(CNCCO)O2)C1O. The maximum absolute atomic E-state index is 11.3. The molecular weight excluding hydrogens is 476 g/mol. The minimum Gasteiger partial charge on any atom is -0.468 e. The highest BCUT2D eigenvalue weighted by Gasteiger charge is 2.47. The molecule has 0 saturated heterocycles. The van der Waals surface area contributed by atoms with Crippen molar-refractivity contribution in [1.82, 2.24) is 10.6 Å². The minimum atomic E-state index is -1.21. The Balaban J connectivity index is 2.13. The van der Waals surface area contributed by atoms with E-state index in [9.17, 15) is 15.3 Å². The van der Waals surface area contributed by atoms with Gasteiger partial charge in [0.1, 0.15) is 30.2 Å². The quantitative estimate of drug-likeness (QED) is 0.0682. The number of hydrogen-bond acceptors (Lipinski definition) is 13. The van der Waals surface area contributed by atoms with Crippen LogP contribution in [-0.2, 0) is 18.9 Å². The highest BCUT2D eigenvalue weighted by atomic mass is 16.7. The molecule has 1 aliphatic carbocycles. The Hall–Kier alpha value is -0.940. The summed E-state index contributed by atoms with van der Waals surface area (Å²) in [5, 5.41) is 56.0. The predicted molar refractivity (Wildman–Crippen MR) is 130 cm³/mol. The molecule has 1 aliphatic heterocycles. The summed E-state index contributed by atoms with van der Waals surface area (Å²) < 4.78 is 23.6. The summed E-state index contributed by atoms with van der Waals surface area (Å²) in [5.74, 6) is 0.685. The van der Waals surface area contributed by atoms with Gasteiger partial charge in [0.05, 0.1) is 32.5 Å². The summed E-state index contributed by atoms with van der Waals surface area (Å²) in [4.78, 5) is 0. The number of ether oxygens (including phenoxy) is 4. The molecule has 0 amide bonds. The summed E-state index contributed by atoms with van der Waals surface area (Å²) in [7, 11) is 0. The van der Waals surface area contributed by atoms with E-state index < -0.39 is 55.2 Å². The van der Waals surface area contributed by atoms with Crippen molar-refractivity contribution < 1.29 is 44.5 Å². The van der Waals surface area contributed by atoms with E-state index in [0.29, 0.717) is 38.1 Å². The van der Waals surface area contributed by atoms with Gasteiger partial charge in [-0.15, -0.1) is 0 Å². The third kappa shape index (κ3) is 9.74. The van der Waals surface area contributed by atoms with Crippen molar-refractivity contribution in [3.63, 3.8) is 0 Å².